The van der Waals surface area contributed by atoms with Gasteiger partial charge in [0.2, 0.25) is 0 Å². The van der Waals surface area contributed by atoms with Crippen molar-refractivity contribution in [3.8, 4) is 11.5 Å². The highest BCUT2D eigenvalue weighted by atomic mass is 19.1. The molecule has 0 aliphatic heterocycles. The number of rotatable bonds is 6. The van der Waals surface area contributed by atoms with Gasteiger partial charge < -0.3 is 14.8 Å². The van der Waals surface area contributed by atoms with Crippen molar-refractivity contribution in [2.75, 3.05) is 19.0 Å². The van der Waals surface area contributed by atoms with Crippen molar-refractivity contribution in [3.05, 3.63) is 53.3 Å². The number of ether oxygens (including phenoxy) is 2. The summed E-state index contributed by atoms with van der Waals surface area (Å²) >= 11 is 0. The molecule has 0 aliphatic carbocycles. The summed E-state index contributed by atoms with van der Waals surface area (Å²) in [5, 5.41) is 3.13. The fraction of sp³-hybridized carbons (Fsp3) is 0.294. The zero-order chi connectivity index (χ0) is 15.2. The van der Waals surface area contributed by atoms with Crippen LogP contribution in [0.3, 0.4) is 0 Å². The Balaban J connectivity index is 2.22. The second-order valence-corrected chi connectivity index (χ2v) is 4.67. The Bertz CT molecular complexity index is 593. The maximum Gasteiger partial charge on any atom is 0.165 e. The van der Waals surface area contributed by atoms with Gasteiger partial charge in [-0.15, -0.1) is 0 Å². The predicted octanol–water partition coefficient (Wildman–Crippen LogP) is 4.15. The summed E-state index contributed by atoms with van der Waals surface area (Å²) in [7, 11) is 1.61. The van der Waals surface area contributed by atoms with Crippen molar-refractivity contribution < 1.29 is 13.9 Å². The fourth-order valence-corrected chi connectivity index (χ4v) is 2.24. The minimum absolute atomic E-state index is 0.255. The fourth-order valence-electron chi connectivity index (χ4n) is 2.24. The Kier molecular flexibility index (Phi) is 5.04. The smallest absolute Gasteiger partial charge is 0.165 e. The van der Waals surface area contributed by atoms with E-state index in [1.54, 1.807) is 13.2 Å². The Morgan fingerprint density at radius 2 is 1.90 bits per heavy atom. The number of anilines is 1. The van der Waals surface area contributed by atoms with Gasteiger partial charge in [-0.05, 0) is 31.5 Å². The van der Waals surface area contributed by atoms with Crippen LogP contribution in [0.4, 0.5) is 10.1 Å². The minimum Gasteiger partial charge on any atom is -0.493 e. The van der Waals surface area contributed by atoms with Crippen molar-refractivity contribution >= 4 is 5.69 Å². The Morgan fingerprint density at radius 3 is 2.57 bits per heavy atom. The normalized spacial score (nSPS) is 10.3. The molecule has 0 spiro atoms. The molecule has 4 heteroatoms. The molecule has 1 N–H and O–H groups in total. The first kappa shape index (κ1) is 15.2. The molecule has 0 saturated carbocycles. The first-order valence-corrected chi connectivity index (χ1v) is 6.95. The number of hydrogen-bond acceptors (Lipinski definition) is 3. The standard InChI is InChI=1S/C17H20FNO2/c1-4-21-15-10-6-8-13(17(15)20-3)11-19-16-12(2)7-5-9-14(16)18/h5-10,19H,4,11H2,1-3H3. The third-order valence-corrected chi connectivity index (χ3v) is 3.24. The SMILES string of the molecule is CCOc1cccc(CNc2c(C)cccc2F)c1OC. The van der Waals surface area contributed by atoms with Gasteiger partial charge in [-0.25, -0.2) is 4.39 Å². The van der Waals surface area contributed by atoms with E-state index in [1.165, 1.54) is 6.07 Å². The number of halogens is 1. The van der Waals surface area contributed by atoms with Crippen molar-refractivity contribution in [1.82, 2.24) is 0 Å². The first-order valence-electron chi connectivity index (χ1n) is 6.95. The highest BCUT2D eigenvalue weighted by molar-refractivity contribution is 5.54. The van der Waals surface area contributed by atoms with Gasteiger partial charge in [0.25, 0.3) is 0 Å². The molecule has 0 amide bonds. The summed E-state index contributed by atoms with van der Waals surface area (Å²) < 4.78 is 24.8. The number of para-hydroxylation sites is 2. The van der Waals surface area contributed by atoms with Gasteiger partial charge in [0.05, 0.1) is 19.4 Å². The van der Waals surface area contributed by atoms with Crippen LogP contribution in [0, 0.1) is 12.7 Å². The molecule has 0 heterocycles. The van der Waals surface area contributed by atoms with Gasteiger partial charge in [0.1, 0.15) is 5.82 Å². The van der Waals surface area contributed by atoms with Crippen LogP contribution in [-0.2, 0) is 6.54 Å². The minimum atomic E-state index is -0.255. The average Bonchev–Trinajstić information content (AvgIpc) is 2.47. The maximum atomic E-state index is 13.8. The third-order valence-electron chi connectivity index (χ3n) is 3.24. The van der Waals surface area contributed by atoms with Crippen molar-refractivity contribution in [2.45, 2.75) is 20.4 Å². The molecule has 3 nitrogen and oxygen atoms in total. The average molecular weight is 289 g/mol. The van der Waals surface area contributed by atoms with Crippen LogP contribution in [0.1, 0.15) is 18.1 Å². The van der Waals surface area contributed by atoms with Crippen LogP contribution in [0.15, 0.2) is 36.4 Å². The summed E-state index contributed by atoms with van der Waals surface area (Å²) in [4.78, 5) is 0. The lowest BCUT2D eigenvalue weighted by Crippen LogP contribution is -2.06. The van der Waals surface area contributed by atoms with Gasteiger partial charge in [-0.1, -0.05) is 24.3 Å². The molecule has 2 aromatic rings. The van der Waals surface area contributed by atoms with Crippen LogP contribution >= 0.6 is 0 Å². The van der Waals surface area contributed by atoms with Crippen LogP contribution in [-0.4, -0.2) is 13.7 Å². The van der Waals surface area contributed by atoms with Gasteiger partial charge in [-0.3, -0.25) is 0 Å². The van der Waals surface area contributed by atoms with E-state index in [0.717, 1.165) is 11.1 Å². The molecule has 0 fully saturated rings. The second kappa shape index (κ2) is 6.97. The highest BCUT2D eigenvalue weighted by Crippen LogP contribution is 2.32. The predicted molar refractivity (Wildman–Crippen MR) is 82.6 cm³/mol. The number of nitrogens with one attached hydrogen (secondary N) is 1. The Hall–Kier alpha value is -2.23. The third kappa shape index (κ3) is 3.45. The van der Waals surface area contributed by atoms with Crippen molar-refractivity contribution in [2.24, 2.45) is 0 Å². The molecule has 2 aromatic carbocycles. The molecule has 0 aliphatic rings. The van der Waals surface area contributed by atoms with Gasteiger partial charge in [-0.2, -0.15) is 0 Å². The molecule has 0 aromatic heterocycles. The van der Waals surface area contributed by atoms with Crippen molar-refractivity contribution in [3.63, 3.8) is 0 Å². The number of hydrogen-bond donors (Lipinski definition) is 1. The molecule has 21 heavy (non-hydrogen) atoms. The number of benzene rings is 2. The number of aryl methyl sites for hydroxylation is 1. The second-order valence-electron chi connectivity index (χ2n) is 4.67. The van der Waals surface area contributed by atoms with E-state index in [9.17, 15) is 4.39 Å². The molecule has 0 unspecified atom stereocenters. The van der Waals surface area contributed by atoms with E-state index < -0.39 is 0 Å². The Labute approximate surface area is 124 Å². The van der Waals surface area contributed by atoms with Crippen LogP contribution in [0.2, 0.25) is 0 Å². The quantitative estimate of drug-likeness (QED) is 0.866. The molecule has 0 radical (unpaired) electrons. The zero-order valence-corrected chi connectivity index (χ0v) is 12.6. The topological polar surface area (TPSA) is 30.5 Å². The molecule has 112 valence electrons. The molecule has 0 saturated heterocycles. The van der Waals surface area contributed by atoms with Gasteiger partial charge in [0, 0.05) is 12.1 Å². The number of methoxy groups -OCH3 is 1. The lowest BCUT2D eigenvalue weighted by Gasteiger charge is -2.15. The molecule has 0 atom stereocenters. The summed E-state index contributed by atoms with van der Waals surface area (Å²) in [6.45, 7) is 4.83. The summed E-state index contributed by atoms with van der Waals surface area (Å²) in [5.41, 5.74) is 2.31. The van der Waals surface area contributed by atoms with Crippen LogP contribution < -0.4 is 14.8 Å². The first-order chi connectivity index (χ1) is 10.2. The van der Waals surface area contributed by atoms with Gasteiger partial charge in [0.15, 0.2) is 11.5 Å². The molecular weight excluding hydrogens is 269 g/mol. The lowest BCUT2D eigenvalue weighted by molar-refractivity contribution is 0.309. The van der Waals surface area contributed by atoms with Gasteiger partial charge >= 0.3 is 0 Å². The maximum absolute atomic E-state index is 13.8. The molecule has 0 bridgehead atoms. The monoisotopic (exact) mass is 289 g/mol. The summed E-state index contributed by atoms with van der Waals surface area (Å²) in [6.07, 6.45) is 0. The molecule has 2 rings (SSSR count). The Morgan fingerprint density at radius 1 is 1.14 bits per heavy atom. The van der Waals surface area contributed by atoms with E-state index in [0.29, 0.717) is 30.3 Å². The van der Waals surface area contributed by atoms with E-state index in [4.69, 9.17) is 9.47 Å². The van der Waals surface area contributed by atoms with E-state index in [-0.39, 0.29) is 5.82 Å². The molecular formula is C17H20FNO2. The van der Waals surface area contributed by atoms with E-state index in [1.807, 2.05) is 38.1 Å². The zero-order valence-electron chi connectivity index (χ0n) is 12.6. The van der Waals surface area contributed by atoms with E-state index in [2.05, 4.69) is 5.32 Å². The summed E-state index contributed by atoms with van der Waals surface area (Å²) in [5.74, 6) is 1.13. The highest BCUT2D eigenvalue weighted by Gasteiger charge is 2.11. The lowest BCUT2D eigenvalue weighted by atomic mass is 10.1. The van der Waals surface area contributed by atoms with Crippen LogP contribution in [0.25, 0.3) is 0 Å². The van der Waals surface area contributed by atoms with E-state index >= 15 is 0 Å². The summed E-state index contributed by atoms with van der Waals surface area (Å²) in [6, 6.07) is 10.7. The van der Waals surface area contributed by atoms with Crippen molar-refractivity contribution in [1.29, 1.82) is 0 Å². The van der Waals surface area contributed by atoms with Crippen LogP contribution in [0.5, 0.6) is 11.5 Å². The largest absolute Gasteiger partial charge is 0.493 e.